The molecule has 0 heterocycles. The lowest BCUT2D eigenvalue weighted by Crippen LogP contribution is -2.05. The Bertz CT molecular complexity index is 611. The Morgan fingerprint density at radius 3 is 2.68 bits per heavy atom. The first kappa shape index (κ1) is 14.1. The molecule has 0 unspecified atom stereocenters. The maximum Gasteiger partial charge on any atom is 0.196 e. The van der Waals surface area contributed by atoms with Crippen molar-refractivity contribution in [2.24, 2.45) is 0 Å². The van der Waals surface area contributed by atoms with Gasteiger partial charge in [-0.1, -0.05) is 23.7 Å². The van der Waals surface area contributed by atoms with Crippen molar-refractivity contribution in [2.75, 3.05) is 6.61 Å². The molecule has 0 aliphatic heterocycles. The number of hydrogen-bond acceptors (Lipinski definition) is 2. The molecular weight excluding hydrogens is 328 g/mol. The zero-order valence-electron chi connectivity index (χ0n) is 10.3. The number of para-hydroxylation sites is 1. The normalized spacial score (nSPS) is 10.3. The highest BCUT2D eigenvalue weighted by Gasteiger charge is 2.15. The van der Waals surface area contributed by atoms with Crippen molar-refractivity contribution < 1.29 is 9.53 Å². The van der Waals surface area contributed by atoms with Crippen LogP contribution in [-0.4, -0.2) is 12.4 Å². The summed E-state index contributed by atoms with van der Waals surface area (Å²) in [5.41, 5.74) is 1.13. The molecule has 0 fully saturated rings. The van der Waals surface area contributed by atoms with Crippen LogP contribution in [0, 0.1) is 0 Å². The Morgan fingerprint density at radius 1 is 1.26 bits per heavy atom. The highest BCUT2D eigenvalue weighted by atomic mass is 79.9. The van der Waals surface area contributed by atoms with Crippen molar-refractivity contribution in [3.63, 3.8) is 0 Å². The molecule has 2 rings (SSSR count). The van der Waals surface area contributed by atoms with Crippen molar-refractivity contribution in [2.45, 2.75) is 6.92 Å². The van der Waals surface area contributed by atoms with E-state index in [4.69, 9.17) is 16.3 Å². The van der Waals surface area contributed by atoms with Gasteiger partial charge in [-0.3, -0.25) is 4.79 Å². The number of ketones is 1. The van der Waals surface area contributed by atoms with Crippen molar-refractivity contribution in [1.29, 1.82) is 0 Å². The number of rotatable bonds is 4. The Balaban J connectivity index is 2.41. The van der Waals surface area contributed by atoms with E-state index < -0.39 is 0 Å². The summed E-state index contributed by atoms with van der Waals surface area (Å²) in [5, 5.41) is 0.578. The van der Waals surface area contributed by atoms with Gasteiger partial charge in [-0.2, -0.15) is 0 Å². The molecule has 0 amide bonds. The third-order valence-electron chi connectivity index (χ3n) is 2.61. The van der Waals surface area contributed by atoms with E-state index in [9.17, 15) is 4.79 Å². The first-order valence-electron chi connectivity index (χ1n) is 5.85. The average Bonchev–Trinajstić information content (AvgIpc) is 2.42. The van der Waals surface area contributed by atoms with Gasteiger partial charge >= 0.3 is 0 Å². The van der Waals surface area contributed by atoms with Gasteiger partial charge in [0.1, 0.15) is 5.75 Å². The fourth-order valence-electron chi connectivity index (χ4n) is 1.73. The number of carbonyl (C=O) groups excluding carboxylic acids is 1. The lowest BCUT2D eigenvalue weighted by atomic mass is 10.0. The molecule has 0 atom stereocenters. The fourth-order valence-corrected chi connectivity index (χ4v) is 2.22. The van der Waals surface area contributed by atoms with Gasteiger partial charge in [0, 0.05) is 10.0 Å². The first-order chi connectivity index (χ1) is 9.13. The zero-order chi connectivity index (χ0) is 13.8. The SMILES string of the molecule is CCOc1ccccc1C(=O)c1ccc(Cl)c(Br)c1. The minimum absolute atomic E-state index is 0.0820. The summed E-state index contributed by atoms with van der Waals surface area (Å²) < 4.78 is 6.18. The van der Waals surface area contributed by atoms with Gasteiger partial charge in [-0.15, -0.1) is 0 Å². The largest absolute Gasteiger partial charge is 0.493 e. The van der Waals surface area contributed by atoms with E-state index in [0.717, 1.165) is 0 Å². The number of carbonyl (C=O) groups is 1. The molecule has 0 aliphatic carbocycles. The predicted molar refractivity (Wildman–Crippen MR) is 80.2 cm³/mol. The molecule has 0 aliphatic rings. The summed E-state index contributed by atoms with van der Waals surface area (Å²) in [6.45, 7) is 2.41. The molecular formula is C15H12BrClO2. The Hall–Kier alpha value is -1.32. The Kier molecular flexibility index (Phi) is 4.61. The second-order valence-electron chi connectivity index (χ2n) is 3.89. The van der Waals surface area contributed by atoms with Crippen molar-refractivity contribution in [3.05, 3.63) is 63.1 Å². The third-order valence-corrected chi connectivity index (χ3v) is 3.83. The molecule has 0 bridgehead atoms. The molecule has 98 valence electrons. The zero-order valence-corrected chi connectivity index (χ0v) is 12.7. The summed E-state index contributed by atoms with van der Waals surface area (Å²) in [4.78, 5) is 12.5. The Labute approximate surface area is 125 Å². The van der Waals surface area contributed by atoms with E-state index in [-0.39, 0.29) is 5.78 Å². The van der Waals surface area contributed by atoms with Gasteiger partial charge in [-0.05, 0) is 53.2 Å². The standard InChI is InChI=1S/C15H12BrClO2/c1-2-19-14-6-4-3-5-11(14)15(18)10-7-8-13(17)12(16)9-10/h3-9H,2H2,1H3. The molecule has 2 aromatic rings. The summed E-state index contributed by atoms with van der Waals surface area (Å²) in [5.74, 6) is 0.516. The van der Waals surface area contributed by atoms with Gasteiger partial charge in [0.05, 0.1) is 17.2 Å². The van der Waals surface area contributed by atoms with E-state index in [1.807, 2.05) is 19.1 Å². The van der Waals surface area contributed by atoms with Gasteiger partial charge in [0.2, 0.25) is 0 Å². The molecule has 0 saturated carbocycles. The smallest absolute Gasteiger partial charge is 0.196 e. The molecule has 19 heavy (non-hydrogen) atoms. The summed E-state index contributed by atoms with van der Waals surface area (Å²) >= 11 is 9.25. The quantitative estimate of drug-likeness (QED) is 0.753. The van der Waals surface area contributed by atoms with E-state index in [1.54, 1.807) is 30.3 Å². The summed E-state index contributed by atoms with van der Waals surface area (Å²) in [7, 11) is 0. The molecule has 4 heteroatoms. The highest BCUT2D eigenvalue weighted by molar-refractivity contribution is 9.10. The summed E-state index contributed by atoms with van der Waals surface area (Å²) in [6, 6.07) is 12.3. The van der Waals surface area contributed by atoms with Crippen LogP contribution in [0.5, 0.6) is 5.75 Å². The van der Waals surface area contributed by atoms with Crippen LogP contribution in [-0.2, 0) is 0 Å². The number of benzene rings is 2. The number of hydrogen-bond donors (Lipinski definition) is 0. The molecule has 0 N–H and O–H groups in total. The predicted octanol–water partition coefficient (Wildman–Crippen LogP) is 4.73. The van der Waals surface area contributed by atoms with E-state index >= 15 is 0 Å². The van der Waals surface area contributed by atoms with Crippen LogP contribution in [0.1, 0.15) is 22.8 Å². The minimum Gasteiger partial charge on any atom is -0.493 e. The number of ether oxygens (including phenoxy) is 1. The molecule has 0 saturated heterocycles. The van der Waals surface area contributed by atoms with Crippen molar-refractivity contribution >= 4 is 33.3 Å². The molecule has 0 spiro atoms. The average molecular weight is 340 g/mol. The maximum atomic E-state index is 12.5. The van der Waals surface area contributed by atoms with Crippen LogP contribution < -0.4 is 4.74 Å². The van der Waals surface area contributed by atoms with Crippen LogP contribution in [0.25, 0.3) is 0 Å². The van der Waals surface area contributed by atoms with E-state index in [2.05, 4.69) is 15.9 Å². The highest BCUT2D eigenvalue weighted by Crippen LogP contribution is 2.26. The minimum atomic E-state index is -0.0820. The molecule has 0 aromatic heterocycles. The topological polar surface area (TPSA) is 26.3 Å². The third kappa shape index (κ3) is 3.17. The second-order valence-corrected chi connectivity index (χ2v) is 5.15. The fraction of sp³-hybridized carbons (Fsp3) is 0.133. The van der Waals surface area contributed by atoms with Crippen LogP contribution in [0.2, 0.25) is 5.02 Å². The van der Waals surface area contributed by atoms with Gasteiger partial charge in [0.15, 0.2) is 5.78 Å². The molecule has 2 aromatic carbocycles. The van der Waals surface area contributed by atoms with E-state index in [0.29, 0.717) is 33.0 Å². The second kappa shape index (κ2) is 6.22. The van der Waals surface area contributed by atoms with E-state index in [1.165, 1.54) is 0 Å². The van der Waals surface area contributed by atoms with Gasteiger partial charge in [-0.25, -0.2) is 0 Å². The maximum absolute atomic E-state index is 12.5. The van der Waals surface area contributed by atoms with Crippen LogP contribution >= 0.6 is 27.5 Å². The van der Waals surface area contributed by atoms with Crippen LogP contribution in [0.15, 0.2) is 46.9 Å². The van der Waals surface area contributed by atoms with Gasteiger partial charge in [0.25, 0.3) is 0 Å². The monoisotopic (exact) mass is 338 g/mol. The lowest BCUT2D eigenvalue weighted by molar-refractivity contribution is 0.103. The molecule has 2 nitrogen and oxygen atoms in total. The van der Waals surface area contributed by atoms with Crippen LogP contribution in [0.3, 0.4) is 0 Å². The van der Waals surface area contributed by atoms with Crippen LogP contribution in [0.4, 0.5) is 0 Å². The summed E-state index contributed by atoms with van der Waals surface area (Å²) in [6.07, 6.45) is 0. The lowest BCUT2D eigenvalue weighted by Gasteiger charge is -2.09. The number of halogens is 2. The van der Waals surface area contributed by atoms with Gasteiger partial charge < -0.3 is 4.74 Å². The van der Waals surface area contributed by atoms with Crippen molar-refractivity contribution in [3.8, 4) is 5.75 Å². The van der Waals surface area contributed by atoms with Crippen molar-refractivity contribution in [1.82, 2.24) is 0 Å². The molecule has 0 radical (unpaired) electrons. The Morgan fingerprint density at radius 2 is 2.00 bits per heavy atom. The first-order valence-corrected chi connectivity index (χ1v) is 7.02.